The van der Waals surface area contributed by atoms with Gasteiger partial charge in [0.2, 0.25) is 0 Å². The van der Waals surface area contributed by atoms with Crippen LogP contribution in [-0.2, 0) is 5.41 Å². The van der Waals surface area contributed by atoms with E-state index in [9.17, 15) is 0 Å². The van der Waals surface area contributed by atoms with Crippen LogP contribution in [0.2, 0.25) is 0 Å². The van der Waals surface area contributed by atoms with Crippen molar-refractivity contribution in [3.8, 4) is 17.3 Å². The summed E-state index contributed by atoms with van der Waals surface area (Å²) in [5.41, 5.74) is 3.41. The molecule has 2 heterocycles. The molecule has 2 aromatic heterocycles. The van der Waals surface area contributed by atoms with Crippen LogP contribution in [0.4, 0.5) is 0 Å². The lowest BCUT2D eigenvalue weighted by atomic mass is 9.88. The number of nitrogens with zero attached hydrogens (tertiary/aromatic N) is 2. The third-order valence-electron chi connectivity index (χ3n) is 9.65. The Morgan fingerprint density at radius 1 is 0.540 bits per heavy atom. The van der Waals surface area contributed by atoms with E-state index in [1.807, 2.05) is 6.20 Å². The van der Waals surface area contributed by atoms with Crippen LogP contribution in [0, 0.1) is 0 Å². The number of pyridine rings is 1. The molecule has 0 fully saturated rings. The number of para-hydroxylation sites is 1. The van der Waals surface area contributed by atoms with Gasteiger partial charge in [-0.05, 0) is 80.3 Å². The molecule has 50 heavy (non-hydrogen) atoms. The summed E-state index contributed by atoms with van der Waals surface area (Å²) >= 11 is 3.89. The molecular weight excluding hydrogens is 692 g/mol. The Hall–Kier alpha value is -5.23. The van der Waals surface area contributed by atoms with E-state index >= 15 is 0 Å². The number of hydrogen-bond donors (Lipinski definition) is 0. The fourth-order valence-corrected chi connectivity index (χ4v) is 12.8. The molecule has 3 nitrogen and oxygen atoms in total. The zero-order chi connectivity index (χ0) is 34.3. The maximum atomic E-state index is 6.83. The van der Waals surface area contributed by atoms with E-state index in [4.69, 9.17) is 9.72 Å². The highest BCUT2D eigenvalue weighted by atomic mass is 79.9. The third kappa shape index (κ3) is 5.66. The number of halogens is 1. The van der Waals surface area contributed by atoms with Crippen molar-refractivity contribution in [3.05, 3.63) is 180 Å². The second kappa shape index (κ2) is 12.9. The van der Waals surface area contributed by atoms with Gasteiger partial charge in [-0.2, -0.15) is 0 Å². The first kappa shape index (κ1) is 32.0. The molecule has 0 bridgehead atoms. The van der Waals surface area contributed by atoms with Crippen molar-refractivity contribution in [3.63, 3.8) is 0 Å². The maximum Gasteiger partial charge on any atom is 0.179 e. The Kier molecular flexibility index (Phi) is 8.26. The maximum absolute atomic E-state index is 6.83. The van der Waals surface area contributed by atoms with Crippen LogP contribution >= 0.6 is 15.9 Å². The van der Waals surface area contributed by atoms with Crippen LogP contribution < -0.4 is 25.5 Å². The van der Waals surface area contributed by atoms with Crippen molar-refractivity contribution in [2.75, 3.05) is 0 Å². The highest BCUT2D eigenvalue weighted by molar-refractivity contribution is 9.10. The number of rotatable bonds is 7. The minimum absolute atomic E-state index is 0.000902. The number of ether oxygens (including phenoxy) is 1. The van der Waals surface area contributed by atoms with Gasteiger partial charge >= 0.3 is 0 Å². The minimum Gasteiger partial charge on any atom is -0.457 e. The summed E-state index contributed by atoms with van der Waals surface area (Å²) in [5.74, 6) is 2.45. The summed E-state index contributed by atoms with van der Waals surface area (Å²) < 4.78 is 10.1. The Morgan fingerprint density at radius 3 is 1.74 bits per heavy atom. The summed E-state index contributed by atoms with van der Waals surface area (Å²) in [7, 11) is -2.74. The Morgan fingerprint density at radius 2 is 1.12 bits per heavy atom. The van der Waals surface area contributed by atoms with Gasteiger partial charge in [0.05, 0.1) is 11.0 Å². The van der Waals surface area contributed by atoms with E-state index in [0.29, 0.717) is 0 Å². The van der Waals surface area contributed by atoms with Gasteiger partial charge in [-0.3, -0.25) is 4.57 Å². The summed E-state index contributed by atoms with van der Waals surface area (Å²) in [4.78, 5) is 4.87. The summed E-state index contributed by atoms with van der Waals surface area (Å²) in [6.45, 7) is 6.71. The smallest absolute Gasteiger partial charge is 0.179 e. The molecule has 5 heteroatoms. The molecule has 0 unspecified atom stereocenters. The number of hydrogen-bond acceptors (Lipinski definition) is 2. The first-order chi connectivity index (χ1) is 24.3. The molecule has 6 aromatic carbocycles. The van der Waals surface area contributed by atoms with Gasteiger partial charge < -0.3 is 4.74 Å². The average molecular weight is 730 g/mol. The van der Waals surface area contributed by atoms with Crippen molar-refractivity contribution in [1.82, 2.24) is 9.55 Å². The zero-order valence-corrected chi connectivity index (χ0v) is 30.9. The van der Waals surface area contributed by atoms with Gasteiger partial charge in [0.1, 0.15) is 17.3 Å². The second-order valence-corrected chi connectivity index (χ2v) is 18.5. The van der Waals surface area contributed by atoms with E-state index in [-0.39, 0.29) is 5.41 Å². The normalized spacial score (nSPS) is 12.0. The molecule has 0 radical (unpaired) electrons. The highest BCUT2D eigenvalue weighted by Crippen LogP contribution is 2.36. The molecule has 0 saturated carbocycles. The molecule has 0 aliphatic heterocycles. The van der Waals surface area contributed by atoms with E-state index in [1.165, 1.54) is 31.7 Å². The van der Waals surface area contributed by atoms with Gasteiger partial charge in [0.15, 0.2) is 8.07 Å². The van der Waals surface area contributed by atoms with E-state index in [0.717, 1.165) is 38.2 Å². The largest absolute Gasteiger partial charge is 0.457 e. The molecular formula is C45H37BrN2OSi. The highest BCUT2D eigenvalue weighted by Gasteiger charge is 2.41. The van der Waals surface area contributed by atoms with Crippen molar-refractivity contribution in [1.29, 1.82) is 0 Å². The molecule has 0 aliphatic rings. The molecule has 0 atom stereocenters. The molecule has 8 aromatic rings. The lowest BCUT2D eigenvalue weighted by molar-refractivity contribution is 0.483. The molecule has 0 amide bonds. The van der Waals surface area contributed by atoms with Gasteiger partial charge in [0, 0.05) is 27.5 Å². The Bertz CT molecular complexity index is 2360. The lowest BCUT2D eigenvalue weighted by Gasteiger charge is -2.34. The molecule has 0 spiro atoms. The molecule has 0 aliphatic carbocycles. The minimum atomic E-state index is -2.74. The standard InChI is InChI=1S/C45H37BrN2OSi/c1-45(2,3)32-25-26-47-44(27-32)48-42-22-14-13-21-40(42)41-24-23-34(31-43(41)48)49-35-28-33(46)29-39(30-35)50(36-15-7-4-8-16-36,37-17-9-5-10-18-37)38-19-11-6-12-20-38/h4-31H,1-3H3. The van der Waals surface area contributed by atoms with Gasteiger partial charge in [-0.1, -0.05) is 146 Å². The van der Waals surface area contributed by atoms with Crippen LogP contribution in [0.5, 0.6) is 11.5 Å². The van der Waals surface area contributed by atoms with Gasteiger partial charge in [-0.25, -0.2) is 4.98 Å². The molecule has 244 valence electrons. The molecule has 0 saturated heterocycles. The predicted octanol–water partition coefficient (Wildman–Crippen LogP) is 9.41. The fraction of sp³-hybridized carbons (Fsp3) is 0.0889. The van der Waals surface area contributed by atoms with Crippen LogP contribution in [0.15, 0.2) is 174 Å². The third-order valence-corrected chi connectivity index (χ3v) is 14.9. The monoisotopic (exact) mass is 728 g/mol. The van der Waals surface area contributed by atoms with Crippen molar-refractivity contribution >= 4 is 66.6 Å². The van der Waals surface area contributed by atoms with E-state index in [2.05, 4.69) is 205 Å². The Labute approximate surface area is 303 Å². The quantitative estimate of drug-likeness (QED) is 0.121. The first-order valence-electron chi connectivity index (χ1n) is 17.0. The average Bonchev–Trinajstić information content (AvgIpc) is 3.46. The van der Waals surface area contributed by atoms with Gasteiger partial charge in [0.25, 0.3) is 0 Å². The van der Waals surface area contributed by atoms with Crippen molar-refractivity contribution in [2.24, 2.45) is 0 Å². The molecule has 0 N–H and O–H groups in total. The van der Waals surface area contributed by atoms with Crippen molar-refractivity contribution < 1.29 is 4.74 Å². The van der Waals surface area contributed by atoms with E-state index < -0.39 is 8.07 Å². The summed E-state index contributed by atoms with van der Waals surface area (Å²) in [6, 6.07) is 58.7. The first-order valence-corrected chi connectivity index (χ1v) is 19.8. The topological polar surface area (TPSA) is 27.1 Å². The van der Waals surface area contributed by atoms with Crippen LogP contribution in [0.25, 0.3) is 27.6 Å². The van der Waals surface area contributed by atoms with Gasteiger partial charge in [-0.15, -0.1) is 0 Å². The summed E-state index contributed by atoms with van der Waals surface area (Å²) in [5, 5.41) is 7.54. The predicted molar refractivity (Wildman–Crippen MR) is 215 cm³/mol. The van der Waals surface area contributed by atoms with Crippen LogP contribution in [0.1, 0.15) is 26.3 Å². The van der Waals surface area contributed by atoms with Crippen molar-refractivity contribution in [2.45, 2.75) is 26.2 Å². The van der Waals surface area contributed by atoms with Crippen LogP contribution in [0.3, 0.4) is 0 Å². The summed E-state index contributed by atoms with van der Waals surface area (Å²) in [6.07, 6.45) is 1.92. The van der Waals surface area contributed by atoms with Crippen LogP contribution in [-0.4, -0.2) is 17.6 Å². The number of fused-ring (bicyclic) bond motifs is 3. The molecule has 8 rings (SSSR count). The Balaban J connectivity index is 1.30. The lowest BCUT2D eigenvalue weighted by Crippen LogP contribution is -2.74. The van der Waals surface area contributed by atoms with E-state index in [1.54, 1.807) is 0 Å². The zero-order valence-electron chi connectivity index (χ0n) is 28.3. The second-order valence-electron chi connectivity index (χ2n) is 13.8. The fourth-order valence-electron chi connectivity index (χ4n) is 7.31. The number of aromatic nitrogens is 2. The number of benzene rings is 6. The SMILES string of the molecule is CC(C)(C)c1ccnc(-n2c3ccccc3c3ccc(Oc4cc(Br)cc([Si](c5ccccc5)(c5ccccc5)c5ccccc5)c4)cc32)c1.